The lowest BCUT2D eigenvalue weighted by Gasteiger charge is -2.14. The van der Waals surface area contributed by atoms with Crippen molar-refractivity contribution in [1.29, 1.82) is 0 Å². The maximum atomic E-state index is 12.2. The first-order chi connectivity index (χ1) is 16.2. The zero-order valence-electron chi connectivity index (χ0n) is 18.2. The molecule has 0 saturated carbocycles. The molecule has 15 heteroatoms. The Balaban J connectivity index is 0.000000355. The number of aromatic hydroxyl groups is 1. The lowest BCUT2D eigenvalue weighted by Crippen LogP contribution is -2.18. The Morgan fingerprint density at radius 3 is 1.66 bits per heavy atom. The molecule has 0 amide bonds. The number of benzene rings is 2. The zero-order chi connectivity index (χ0) is 26.8. The van der Waals surface area contributed by atoms with Gasteiger partial charge < -0.3 is 33.5 Å². The molecule has 1 N–H and O–H groups in total. The van der Waals surface area contributed by atoms with Gasteiger partial charge in [-0.2, -0.15) is 0 Å². The summed E-state index contributed by atoms with van der Waals surface area (Å²) in [6, 6.07) is 6.06. The highest BCUT2D eigenvalue weighted by Crippen LogP contribution is 2.34. The molecule has 2 aromatic carbocycles. The predicted octanol–water partition coefficient (Wildman–Crippen LogP) is 4.43. The molecule has 35 heavy (non-hydrogen) atoms. The second-order valence-electron chi connectivity index (χ2n) is 5.97. The number of ether oxygens (including phenoxy) is 6. The van der Waals surface area contributed by atoms with Crippen LogP contribution < -0.4 is 14.2 Å². The average molecular weight is 516 g/mol. The number of methoxy groups -OCH3 is 3. The van der Waals surface area contributed by atoms with Crippen LogP contribution in [-0.2, 0) is 14.2 Å². The molecule has 0 spiro atoms. The number of phenolic OH excluding ortho intramolecular Hbond substituents is 1. The van der Waals surface area contributed by atoms with E-state index in [1.165, 1.54) is 13.2 Å². The smallest absolute Gasteiger partial charge is 0.504 e. The fourth-order valence-electron chi connectivity index (χ4n) is 2.16. The largest absolute Gasteiger partial charge is 0.573 e. The second-order valence-corrected chi connectivity index (χ2v) is 5.97. The van der Waals surface area contributed by atoms with Gasteiger partial charge in [0, 0.05) is 7.11 Å². The van der Waals surface area contributed by atoms with Gasteiger partial charge in [-0.25, -0.2) is 9.59 Å². The third-order valence-electron chi connectivity index (χ3n) is 3.53. The Kier molecular flexibility index (Phi) is 10.4. The van der Waals surface area contributed by atoms with E-state index in [1.54, 1.807) is 0 Å². The van der Waals surface area contributed by atoms with Gasteiger partial charge in [-0.15, -0.1) is 26.3 Å². The molecule has 0 radical (unpaired) electrons. The number of halogens is 6. The van der Waals surface area contributed by atoms with Crippen molar-refractivity contribution in [1.82, 2.24) is 0 Å². The van der Waals surface area contributed by atoms with E-state index in [0.717, 1.165) is 44.6 Å². The molecule has 0 unspecified atom stereocenters. The monoisotopic (exact) mass is 516 g/mol. The first-order valence-corrected chi connectivity index (χ1v) is 8.97. The van der Waals surface area contributed by atoms with E-state index in [-0.39, 0.29) is 23.7 Å². The van der Waals surface area contributed by atoms with Crippen molar-refractivity contribution >= 4 is 11.9 Å². The van der Waals surface area contributed by atoms with Crippen molar-refractivity contribution in [3.63, 3.8) is 0 Å². The minimum Gasteiger partial charge on any atom is -0.504 e. The highest BCUT2D eigenvalue weighted by atomic mass is 19.4. The molecule has 0 aromatic heterocycles. The summed E-state index contributed by atoms with van der Waals surface area (Å²) in [5.74, 6) is -4.03. The molecule has 0 aliphatic heterocycles. The molecule has 0 heterocycles. The number of phenols is 1. The summed E-state index contributed by atoms with van der Waals surface area (Å²) in [5.41, 5.74) is -0.244. The van der Waals surface area contributed by atoms with Gasteiger partial charge in [0.1, 0.15) is 0 Å². The van der Waals surface area contributed by atoms with Crippen molar-refractivity contribution in [2.45, 2.75) is 12.7 Å². The van der Waals surface area contributed by atoms with Crippen LogP contribution in [-0.4, -0.2) is 57.9 Å². The van der Waals surface area contributed by atoms with Gasteiger partial charge in [-0.05, 0) is 36.4 Å². The van der Waals surface area contributed by atoms with Crippen LogP contribution >= 0.6 is 0 Å². The Labute approximate surface area is 193 Å². The van der Waals surface area contributed by atoms with Crippen molar-refractivity contribution in [2.24, 2.45) is 0 Å². The first-order valence-electron chi connectivity index (χ1n) is 8.97. The van der Waals surface area contributed by atoms with Crippen LogP contribution in [0.5, 0.6) is 23.0 Å². The maximum Gasteiger partial charge on any atom is 0.573 e. The van der Waals surface area contributed by atoms with Crippen LogP contribution in [0, 0.1) is 0 Å². The molecular weight excluding hydrogens is 498 g/mol. The van der Waals surface area contributed by atoms with E-state index >= 15 is 0 Å². The normalized spacial score (nSPS) is 11.0. The van der Waals surface area contributed by atoms with E-state index < -0.39 is 41.9 Å². The Bertz CT molecular complexity index is 1010. The second kappa shape index (κ2) is 12.5. The number of carbonyl (C=O) groups excluding carboxylic acids is 2. The molecule has 0 fully saturated rings. The average Bonchev–Trinajstić information content (AvgIpc) is 2.77. The van der Waals surface area contributed by atoms with E-state index in [9.17, 15) is 35.9 Å². The minimum absolute atomic E-state index is 0.0912. The van der Waals surface area contributed by atoms with Crippen LogP contribution in [0.1, 0.15) is 20.7 Å². The van der Waals surface area contributed by atoms with Gasteiger partial charge in [-0.3, -0.25) is 0 Å². The molecule has 2 aromatic rings. The summed E-state index contributed by atoms with van der Waals surface area (Å²) in [4.78, 5) is 22.2. The summed E-state index contributed by atoms with van der Waals surface area (Å²) in [6.45, 7) is -0.258. The Morgan fingerprint density at radius 2 is 1.20 bits per heavy atom. The maximum absolute atomic E-state index is 12.2. The molecule has 0 saturated heterocycles. The van der Waals surface area contributed by atoms with Gasteiger partial charge in [0.25, 0.3) is 0 Å². The molecule has 2 rings (SSSR count). The van der Waals surface area contributed by atoms with Crippen molar-refractivity contribution in [3.8, 4) is 23.0 Å². The number of hydrogen-bond acceptors (Lipinski definition) is 9. The molecular formula is C20H18F6O9. The van der Waals surface area contributed by atoms with Gasteiger partial charge in [0.2, 0.25) is 0 Å². The Hall–Kier alpha value is -3.88. The van der Waals surface area contributed by atoms with E-state index in [1.807, 2.05) is 0 Å². The topological polar surface area (TPSA) is 110 Å². The molecule has 0 bridgehead atoms. The molecule has 0 aliphatic rings. The predicted molar refractivity (Wildman–Crippen MR) is 103 cm³/mol. The van der Waals surface area contributed by atoms with Gasteiger partial charge >= 0.3 is 24.7 Å². The van der Waals surface area contributed by atoms with Gasteiger partial charge in [0.15, 0.2) is 29.8 Å². The third kappa shape index (κ3) is 10.3. The highest BCUT2D eigenvalue weighted by molar-refractivity contribution is 5.90. The Morgan fingerprint density at radius 1 is 0.743 bits per heavy atom. The summed E-state index contributed by atoms with van der Waals surface area (Å²) in [5, 5.41) is 9.08. The summed E-state index contributed by atoms with van der Waals surface area (Å²) in [7, 11) is 3.51. The fraction of sp³-hybridized carbons (Fsp3) is 0.300. The standard InChI is InChI=1S/C11H11F3O5.C9H7F3O4/c1-16-6-18-8-4-3-7(10(15)17-2)5-9(8)19-11(12,13)14;1-15-8(14)5-2-3-6(13)7(4-5)16-9(10,11)12/h3-5H,6H2,1-2H3;2-4,13H,1H3. The van der Waals surface area contributed by atoms with Crippen LogP contribution in [0.25, 0.3) is 0 Å². The van der Waals surface area contributed by atoms with Crippen LogP contribution in [0.15, 0.2) is 36.4 Å². The third-order valence-corrected chi connectivity index (χ3v) is 3.53. The SMILES string of the molecule is COC(=O)c1ccc(O)c(OC(F)(F)F)c1.COCOc1ccc(C(=O)OC)cc1OC(F)(F)F. The van der Waals surface area contributed by atoms with E-state index in [0.29, 0.717) is 0 Å². The lowest BCUT2D eigenvalue weighted by atomic mass is 10.2. The first kappa shape index (κ1) is 29.2. The number of esters is 2. The van der Waals surface area contributed by atoms with Crippen molar-refractivity contribution in [2.75, 3.05) is 28.1 Å². The highest BCUT2D eigenvalue weighted by Gasteiger charge is 2.33. The van der Waals surface area contributed by atoms with Crippen LogP contribution in [0.2, 0.25) is 0 Å². The summed E-state index contributed by atoms with van der Waals surface area (Å²) < 4.78 is 97.8. The fourth-order valence-corrected chi connectivity index (χ4v) is 2.16. The quantitative estimate of drug-likeness (QED) is 0.325. The van der Waals surface area contributed by atoms with Crippen molar-refractivity contribution < 1.29 is 69.5 Å². The van der Waals surface area contributed by atoms with Crippen LogP contribution in [0.4, 0.5) is 26.3 Å². The van der Waals surface area contributed by atoms with Gasteiger partial charge in [-0.1, -0.05) is 0 Å². The van der Waals surface area contributed by atoms with Crippen LogP contribution in [0.3, 0.4) is 0 Å². The number of hydrogen-bond donors (Lipinski definition) is 1. The number of rotatable bonds is 7. The van der Waals surface area contributed by atoms with Gasteiger partial charge in [0.05, 0.1) is 25.3 Å². The molecule has 194 valence electrons. The number of alkyl halides is 6. The van der Waals surface area contributed by atoms with Crippen molar-refractivity contribution in [3.05, 3.63) is 47.5 Å². The molecule has 0 atom stereocenters. The number of carbonyl (C=O) groups is 2. The van der Waals surface area contributed by atoms with E-state index in [2.05, 4.69) is 23.7 Å². The molecule has 0 aliphatic carbocycles. The minimum atomic E-state index is -4.94. The van der Waals surface area contributed by atoms with E-state index in [4.69, 9.17) is 9.84 Å². The summed E-state index contributed by atoms with van der Waals surface area (Å²) in [6.07, 6.45) is -9.84. The molecule has 9 nitrogen and oxygen atoms in total. The lowest BCUT2D eigenvalue weighted by molar-refractivity contribution is -0.276. The zero-order valence-corrected chi connectivity index (χ0v) is 18.2. The summed E-state index contributed by atoms with van der Waals surface area (Å²) >= 11 is 0.